The normalized spacial score (nSPS) is 17.7. The smallest absolute Gasteiger partial charge is 0.259 e. The molecule has 0 amide bonds. The molecule has 2 aromatic heterocycles. The average molecular weight is 381 g/mol. The zero-order valence-corrected chi connectivity index (χ0v) is 14.1. The highest BCUT2D eigenvalue weighted by atomic mass is 79.9. The number of methoxy groups -OCH3 is 1. The van der Waals surface area contributed by atoms with Gasteiger partial charge in [-0.05, 0) is 47.9 Å². The van der Waals surface area contributed by atoms with Crippen molar-refractivity contribution in [3.05, 3.63) is 21.8 Å². The van der Waals surface area contributed by atoms with Crippen LogP contribution in [0.4, 0.5) is 0 Å². The van der Waals surface area contributed by atoms with Crippen molar-refractivity contribution in [2.45, 2.75) is 18.4 Å². The second-order valence-corrected chi connectivity index (χ2v) is 6.33. The summed E-state index contributed by atoms with van der Waals surface area (Å²) in [5, 5.41) is 9.38. The Morgan fingerprint density at radius 2 is 2.20 bits per heavy atom. The molecule has 0 aliphatic carbocycles. The van der Waals surface area contributed by atoms with Crippen molar-refractivity contribution in [3.8, 4) is 10.7 Å². The Kier molecular flexibility index (Phi) is 5.19. The molecule has 110 valence electrons. The molecule has 8 heteroatoms. The van der Waals surface area contributed by atoms with Gasteiger partial charge in [0.2, 0.25) is 5.82 Å². The molecule has 0 bridgehead atoms. The molecular formula is C12H15BrClN3O2S. The minimum absolute atomic E-state index is 0. The lowest BCUT2D eigenvalue weighted by Gasteiger charge is -2.32. The number of thiophene rings is 1. The second kappa shape index (κ2) is 6.53. The Balaban J connectivity index is 0.00000147. The Hall–Kier alpha value is -0.470. The first-order valence-corrected chi connectivity index (χ1v) is 7.75. The Bertz CT molecular complexity index is 569. The number of nitrogens with zero attached hydrogens (tertiary/aromatic N) is 2. The highest BCUT2D eigenvalue weighted by molar-refractivity contribution is 9.10. The maximum Gasteiger partial charge on any atom is 0.259 e. The average Bonchev–Trinajstić information content (AvgIpc) is 3.08. The predicted octanol–water partition coefficient (Wildman–Crippen LogP) is 3.21. The molecule has 3 rings (SSSR count). The Morgan fingerprint density at radius 1 is 1.45 bits per heavy atom. The van der Waals surface area contributed by atoms with Crippen LogP contribution >= 0.6 is 39.7 Å². The zero-order valence-electron chi connectivity index (χ0n) is 10.9. The van der Waals surface area contributed by atoms with E-state index in [0.717, 1.165) is 35.3 Å². The van der Waals surface area contributed by atoms with Crippen molar-refractivity contribution in [1.29, 1.82) is 0 Å². The van der Waals surface area contributed by atoms with Gasteiger partial charge < -0.3 is 14.6 Å². The third kappa shape index (κ3) is 2.92. The van der Waals surface area contributed by atoms with Gasteiger partial charge in [-0.1, -0.05) is 5.16 Å². The molecule has 0 unspecified atom stereocenters. The van der Waals surface area contributed by atoms with E-state index in [0.29, 0.717) is 11.7 Å². The van der Waals surface area contributed by atoms with Crippen molar-refractivity contribution in [2.75, 3.05) is 20.2 Å². The van der Waals surface area contributed by atoms with Crippen LogP contribution in [0.25, 0.3) is 10.7 Å². The van der Waals surface area contributed by atoms with E-state index in [-0.39, 0.29) is 12.4 Å². The van der Waals surface area contributed by atoms with E-state index in [1.807, 2.05) is 11.4 Å². The summed E-state index contributed by atoms with van der Waals surface area (Å²) in [4.78, 5) is 5.51. The van der Waals surface area contributed by atoms with Crippen molar-refractivity contribution in [2.24, 2.45) is 0 Å². The molecule has 0 aromatic carbocycles. The molecule has 2 aromatic rings. The van der Waals surface area contributed by atoms with E-state index in [1.165, 1.54) is 0 Å². The summed E-state index contributed by atoms with van der Waals surface area (Å²) in [5.74, 6) is 1.21. The predicted molar refractivity (Wildman–Crippen MR) is 83.3 cm³/mol. The van der Waals surface area contributed by atoms with Crippen LogP contribution in [0.15, 0.2) is 20.4 Å². The summed E-state index contributed by atoms with van der Waals surface area (Å²) >= 11 is 5.01. The fourth-order valence-corrected chi connectivity index (χ4v) is 3.63. The number of piperidine rings is 1. The van der Waals surface area contributed by atoms with Crippen molar-refractivity contribution >= 4 is 39.7 Å². The van der Waals surface area contributed by atoms with Crippen LogP contribution in [0.2, 0.25) is 0 Å². The van der Waals surface area contributed by atoms with E-state index in [4.69, 9.17) is 9.26 Å². The first-order chi connectivity index (χ1) is 9.23. The molecule has 1 saturated heterocycles. The van der Waals surface area contributed by atoms with Crippen LogP contribution in [0.1, 0.15) is 18.7 Å². The Labute approximate surface area is 135 Å². The van der Waals surface area contributed by atoms with E-state index < -0.39 is 5.60 Å². The van der Waals surface area contributed by atoms with Crippen molar-refractivity contribution in [1.82, 2.24) is 15.5 Å². The van der Waals surface area contributed by atoms with Crippen LogP contribution in [-0.4, -0.2) is 30.3 Å². The number of hydrogen-bond acceptors (Lipinski definition) is 6. The van der Waals surface area contributed by atoms with E-state index in [9.17, 15) is 0 Å². The number of nitrogens with one attached hydrogen (secondary N) is 1. The molecule has 1 aliphatic heterocycles. The first-order valence-electron chi connectivity index (χ1n) is 6.08. The van der Waals surface area contributed by atoms with Gasteiger partial charge in [0.25, 0.3) is 5.89 Å². The molecular weight excluding hydrogens is 366 g/mol. The van der Waals surface area contributed by atoms with E-state index in [1.54, 1.807) is 18.4 Å². The quantitative estimate of drug-likeness (QED) is 0.886. The molecule has 20 heavy (non-hydrogen) atoms. The maximum absolute atomic E-state index is 5.68. The van der Waals surface area contributed by atoms with Gasteiger partial charge in [0.1, 0.15) is 5.60 Å². The lowest BCUT2D eigenvalue weighted by molar-refractivity contribution is -0.0622. The van der Waals surface area contributed by atoms with E-state index in [2.05, 4.69) is 31.4 Å². The van der Waals surface area contributed by atoms with Gasteiger partial charge in [0.05, 0.1) is 4.88 Å². The summed E-state index contributed by atoms with van der Waals surface area (Å²) < 4.78 is 12.1. The van der Waals surface area contributed by atoms with E-state index >= 15 is 0 Å². The highest BCUT2D eigenvalue weighted by Crippen LogP contribution is 2.35. The van der Waals surface area contributed by atoms with Crippen LogP contribution in [-0.2, 0) is 10.3 Å². The third-order valence-electron chi connectivity index (χ3n) is 3.41. The van der Waals surface area contributed by atoms with Crippen LogP contribution in [0.3, 0.4) is 0 Å². The summed E-state index contributed by atoms with van der Waals surface area (Å²) in [5.41, 5.74) is -0.439. The Morgan fingerprint density at radius 3 is 2.80 bits per heavy atom. The molecule has 0 saturated carbocycles. The number of halogens is 2. The summed E-state index contributed by atoms with van der Waals surface area (Å²) in [7, 11) is 1.71. The van der Waals surface area contributed by atoms with Gasteiger partial charge in [0.15, 0.2) is 0 Å². The second-order valence-electron chi connectivity index (χ2n) is 4.50. The fourth-order valence-electron chi connectivity index (χ4n) is 2.27. The molecule has 3 heterocycles. The SMILES string of the molecule is COC1(c2nc(-c3cc(Br)cs3)no2)CCNCC1.Cl. The van der Waals surface area contributed by atoms with Crippen molar-refractivity contribution < 1.29 is 9.26 Å². The van der Waals surface area contributed by atoms with Gasteiger partial charge in [-0.2, -0.15) is 4.98 Å². The number of hydrogen-bond donors (Lipinski definition) is 1. The minimum atomic E-state index is -0.439. The monoisotopic (exact) mass is 379 g/mol. The number of ether oxygens (including phenoxy) is 1. The molecule has 0 spiro atoms. The summed E-state index contributed by atoms with van der Waals surface area (Å²) in [6.07, 6.45) is 1.69. The molecule has 1 aliphatic rings. The zero-order chi connectivity index (χ0) is 13.3. The van der Waals surface area contributed by atoms with Crippen molar-refractivity contribution in [3.63, 3.8) is 0 Å². The lowest BCUT2D eigenvalue weighted by Crippen LogP contribution is -2.41. The van der Waals surface area contributed by atoms with Crippen LogP contribution < -0.4 is 5.32 Å². The van der Waals surface area contributed by atoms with Crippen LogP contribution in [0, 0.1) is 0 Å². The van der Waals surface area contributed by atoms with Gasteiger partial charge in [-0.3, -0.25) is 0 Å². The number of rotatable bonds is 3. The molecule has 1 fully saturated rings. The summed E-state index contributed by atoms with van der Waals surface area (Å²) in [6.45, 7) is 1.80. The summed E-state index contributed by atoms with van der Waals surface area (Å²) in [6, 6.07) is 1.99. The van der Waals surface area contributed by atoms with Gasteiger partial charge in [0, 0.05) is 17.0 Å². The van der Waals surface area contributed by atoms with Gasteiger partial charge in [-0.25, -0.2) is 0 Å². The number of aromatic nitrogens is 2. The van der Waals surface area contributed by atoms with Gasteiger partial charge >= 0.3 is 0 Å². The first kappa shape index (κ1) is 15.9. The largest absolute Gasteiger partial charge is 0.368 e. The maximum atomic E-state index is 5.68. The lowest BCUT2D eigenvalue weighted by atomic mass is 9.92. The molecule has 5 nitrogen and oxygen atoms in total. The highest BCUT2D eigenvalue weighted by Gasteiger charge is 2.39. The molecule has 0 radical (unpaired) electrons. The fraction of sp³-hybridized carbons (Fsp3) is 0.500. The third-order valence-corrected chi connectivity index (χ3v) is 5.09. The molecule has 1 N–H and O–H groups in total. The minimum Gasteiger partial charge on any atom is -0.368 e. The van der Waals surface area contributed by atoms with Gasteiger partial charge in [-0.15, -0.1) is 23.7 Å². The standard InChI is InChI=1S/C12H14BrN3O2S.ClH/c1-17-12(2-4-14-5-3-12)11-15-10(16-18-11)9-6-8(13)7-19-9;/h6-7,14H,2-5H2,1H3;1H. The van der Waals surface area contributed by atoms with Crippen LogP contribution in [0.5, 0.6) is 0 Å². The molecule has 0 atom stereocenters. The topological polar surface area (TPSA) is 60.2 Å².